The Kier molecular flexibility index (Phi) is 4.08. The topological polar surface area (TPSA) is 32.3 Å². The average molecular weight is 238 g/mol. The molecule has 0 spiro atoms. The van der Waals surface area contributed by atoms with Gasteiger partial charge in [-0.05, 0) is 43.9 Å². The fourth-order valence-corrected chi connectivity index (χ4v) is 3.09. The van der Waals surface area contributed by atoms with Crippen LogP contribution in [0, 0.1) is 11.8 Å². The molecule has 1 atom stereocenters. The molecule has 1 unspecified atom stereocenters. The van der Waals surface area contributed by atoms with E-state index in [1.54, 1.807) is 0 Å². The molecule has 2 aliphatic rings. The molecule has 0 aromatic heterocycles. The summed E-state index contributed by atoms with van der Waals surface area (Å²) >= 11 is 0. The van der Waals surface area contributed by atoms with E-state index < -0.39 is 0 Å². The number of hydrogen-bond acceptors (Lipinski definition) is 2. The molecule has 2 rings (SSSR count). The number of nitrogens with one attached hydrogen (secondary N) is 1. The van der Waals surface area contributed by atoms with Crippen molar-refractivity contribution in [1.29, 1.82) is 0 Å². The van der Waals surface area contributed by atoms with Gasteiger partial charge in [0.15, 0.2) is 0 Å². The van der Waals surface area contributed by atoms with E-state index in [-0.39, 0.29) is 6.04 Å². The smallest absolute Gasteiger partial charge is 0.241 e. The van der Waals surface area contributed by atoms with Crippen molar-refractivity contribution in [2.24, 2.45) is 11.8 Å². The summed E-state index contributed by atoms with van der Waals surface area (Å²) in [7, 11) is 0. The van der Waals surface area contributed by atoms with E-state index in [2.05, 4.69) is 31.0 Å². The molecule has 1 aliphatic heterocycles. The Morgan fingerprint density at radius 1 is 1.29 bits per heavy atom. The first-order chi connectivity index (χ1) is 8.08. The van der Waals surface area contributed by atoms with Crippen molar-refractivity contribution in [2.75, 3.05) is 6.67 Å². The molecular formula is C14H26N2O. The van der Waals surface area contributed by atoms with Gasteiger partial charge in [-0.1, -0.05) is 20.8 Å². The molecule has 1 N–H and O–H groups in total. The number of rotatable bonds is 3. The van der Waals surface area contributed by atoms with Gasteiger partial charge in [-0.2, -0.15) is 0 Å². The van der Waals surface area contributed by atoms with Gasteiger partial charge in [0.05, 0.1) is 12.7 Å². The van der Waals surface area contributed by atoms with Gasteiger partial charge >= 0.3 is 0 Å². The molecule has 2 fully saturated rings. The summed E-state index contributed by atoms with van der Waals surface area (Å²) in [5.41, 5.74) is 0. The number of hydrogen-bond donors (Lipinski definition) is 1. The molecule has 0 radical (unpaired) electrons. The van der Waals surface area contributed by atoms with Gasteiger partial charge < -0.3 is 4.90 Å². The molecule has 0 aromatic rings. The average Bonchev–Trinajstić information content (AvgIpc) is 2.61. The normalized spacial score (nSPS) is 34.7. The highest BCUT2D eigenvalue weighted by atomic mass is 16.2. The summed E-state index contributed by atoms with van der Waals surface area (Å²) in [6.45, 7) is 7.46. The second-order valence-corrected chi connectivity index (χ2v) is 6.27. The zero-order valence-corrected chi connectivity index (χ0v) is 11.4. The van der Waals surface area contributed by atoms with E-state index in [9.17, 15) is 4.79 Å². The summed E-state index contributed by atoms with van der Waals surface area (Å²) < 4.78 is 0. The van der Waals surface area contributed by atoms with Crippen molar-refractivity contribution in [2.45, 2.75) is 65.0 Å². The van der Waals surface area contributed by atoms with E-state index >= 15 is 0 Å². The minimum Gasteiger partial charge on any atom is -0.326 e. The highest BCUT2D eigenvalue weighted by molar-refractivity contribution is 5.84. The maximum Gasteiger partial charge on any atom is 0.241 e. The van der Waals surface area contributed by atoms with Crippen molar-refractivity contribution in [3.05, 3.63) is 0 Å². The third-order valence-electron chi connectivity index (χ3n) is 4.22. The van der Waals surface area contributed by atoms with Crippen LogP contribution in [0.1, 0.15) is 52.9 Å². The van der Waals surface area contributed by atoms with Crippen LogP contribution in [-0.2, 0) is 4.79 Å². The number of nitrogens with zero attached hydrogens (tertiary/aromatic N) is 1. The van der Waals surface area contributed by atoms with Gasteiger partial charge in [0.2, 0.25) is 5.91 Å². The standard InChI is InChI=1S/C14H26N2O/c1-10(2)8-13-14(17)16(9-15-13)12-6-4-11(3)5-7-12/h10-13,15H,4-9H2,1-3H3. The first-order valence-corrected chi connectivity index (χ1v) is 7.11. The van der Waals surface area contributed by atoms with Crippen LogP contribution in [0.3, 0.4) is 0 Å². The van der Waals surface area contributed by atoms with E-state index in [4.69, 9.17) is 0 Å². The molecule has 1 aliphatic carbocycles. The lowest BCUT2D eigenvalue weighted by Crippen LogP contribution is -2.40. The van der Waals surface area contributed by atoms with Crippen molar-refractivity contribution < 1.29 is 4.79 Å². The van der Waals surface area contributed by atoms with E-state index in [0.29, 0.717) is 17.9 Å². The number of carbonyl (C=O) groups is 1. The van der Waals surface area contributed by atoms with Gasteiger partial charge in [-0.15, -0.1) is 0 Å². The fourth-order valence-electron chi connectivity index (χ4n) is 3.09. The minimum atomic E-state index is 0.0781. The van der Waals surface area contributed by atoms with Crippen molar-refractivity contribution in [3.63, 3.8) is 0 Å². The monoisotopic (exact) mass is 238 g/mol. The van der Waals surface area contributed by atoms with Crippen LogP contribution >= 0.6 is 0 Å². The van der Waals surface area contributed by atoms with E-state index in [1.807, 2.05) is 0 Å². The summed E-state index contributed by atoms with van der Waals surface area (Å²) in [6.07, 6.45) is 5.93. The number of amides is 1. The Balaban J connectivity index is 1.89. The molecule has 17 heavy (non-hydrogen) atoms. The van der Waals surface area contributed by atoms with Gasteiger partial charge in [0.25, 0.3) is 0 Å². The van der Waals surface area contributed by atoms with Crippen molar-refractivity contribution >= 4 is 5.91 Å². The Bertz CT molecular complexity index is 269. The summed E-state index contributed by atoms with van der Waals surface area (Å²) in [5.74, 6) is 1.78. The molecule has 1 saturated carbocycles. The second-order valence-electron chi connectivity index (χ2n) is 6.27. The van der Waals surface area contributed by atoms with Crippen LogP contribution in [0.25, 0.3) is 0 Å². The van der Waals surface area contributed by atoms with E-state index in [0.717, 1.165) is 19.0 Å². The second kappa shape index (κ2) is 5.38. The molecule has 0 aromatic carbocycles. The fraction of sp³-hybridized carbons (Fsp3) is 0.929. The van der Waals surface area contributed by atoms with Gasteiger partial charge in [0.1, 0.15) is 0 Å². The van der Waals surface area contributed by atoms with Crippen molar-refractivity contribution in [3.8, 4) is 0 Å². The predicted octanol–water partition coefficient (Wildman–Crippen LogP) is 2.37. The molecule has 1 heterocycles. The third kappa shape index (κ3) is 3.01. The predicted molar refractivity (Wildman–Crippen MR) is 69.5 cm³/mol. The molecule has 3 nitrogen and oxygen atoms in total. The highest BCUT2D eigenvalue weighted by Gasteiger charge is 2.36. The van der Waals surface area contributed by atoms with Crippen molar-refractivity contribution in [1.82, 2.24) is 10.2 Å². The largest absolute Gasteiger partial charge is 0.326 e. The Morgan fingerprint density at radius 2 is 1.94 bits per heavy atom. The Hall–Kier alpha value is -0.570. The first kappa shape index (κ1) is 12.9. The maximum atomic E-state index is 12.3. The SMILES string of the molecule is CC(C)CC1NCN(C2CCC(C)CC2)C1=O. The van der Waals surface area contributed by atoms with Gasteiger partial charge in [-0.25, -0.2) is 0 Å². The number of carbonyl (C=O) groups excluding carboxylic acids is 1. The van der Waals surface area contributed by atoms with E-state index in [1.165, 1.54) is 25.7 Å². The molecule has 1 amide bonds. The zero-order chi connectivity index (χ0) is 12.4. The zero-order valence-electron chi connectivity index (χ0n) is 11.4. The lowest BCUT2D eigenvalue weighted by molar-refractivity contribution is -0.131. The summed E-state index contributed by atoms with van der Waals surface area (Å²) in [6, 6.07) is 0.581. The molecule has 3 heteroatoms. The Morgan fingerprint density at radius 3 is 2.53 bits per heavy atom. The molecule has 98 valence electrons. The van der Waals surface area contributed by atoms with Crippen LogP contribution in [-0.4, -0.2) is 29.6 Å². The summed E-state index contributed by atoms with van der Waals surface area (Å²) in [4.78, 5) is 14.4. The van der Waals surface area contributed by atoms with Crippen LogP contribution in [0.2, 0.25) is 0 Å². The van der Waals surface area contributed by atoms with Gasteiger partial charge in [0, 0.05) is 6.04 Å². The van der Waals surface area contributed by atoms with Gasteiger partial charge in [-0.3, -0.25) is 10.1 Å². The molecule has 1 saturated heterocycles. The minimum absolute atomic E-state index is 0.0781. The first-order valence-electron chi connectivity index (χ1n) is 7.11. The Labute approximate surface area is 105 Å². The van der Waals surface area contributed by atoms with Crippen LogP contribution < -0.4 is 5.32 Å². The van der Waals surface area contributed by atoms with Crippen LogP contribution in [0.15, 0.2) is 0 Å². The van der Waals surface area contributed by atoms with Crippen LogP contribution in [0.4, 0.5) is 0 Å². The highest BCUT2D eigenvalue weighted by Crippen LogP contribution is 2.28. The third-order valence-corrected chi connectivity index (χ3v) is 4.22. The summed E-state index contributed by atoms with van der Waals surface area (Å²) in [5, 5.41) is 3.37. The lowest BCUT2D eigenvalue weighted by Gasteiger charge is -2.33. The lowest BCUT2D eigenvalue weighted by atomic mass is 9.86. The maximum absolute atomic E-state index is 12.3. The molecule has 0 bridgehead atoms. The van der Waals surface area contributed by atoms with Crippen LogP contribution in [0.5, 0.6) is 0 Å². The molecular weight excluding hydrogens is 212 g/mol. The quantitative estimate of drug-likeness (QED) is 0.818.